The molecule has 2 bridgehead atoms. The van der Waals surface area contributed by atoms with E-state index in [-0.39, 0.29) is 37.2 Å². The average Bonchev–Trinajstić information content (AvgIpc) is 3.23. The van der Waals surface area contributed by atoms with Gasteiger partial charge in [-0.2, -0.15) is 5.01 Å². The van der Waals surface area contributed by atoms with E-state index >= 15 is 0 Å². The number of rotatable bonds is 4. The second-order valence-electron chi connectivity index (χ2n) is 8.66. The smallest absolute Gasteiger partial charge is 0.272 e. The summed E-state index contributed by atoms with van der Waals surface area (Å²) in [6, 6.07) is 10.7. The highest BCUT2D eigenvalue weighted by molar-refractivity contribution is 6.66. The molecule has 2 fully saturated rings. The summed E-state index contributed by atoms with van der Waals surface area (Å²) >= 11 is 57.9. The molecule has 1 heterocycles. The molecular weight excluding hydrogens is 671 g/mol. The van der Waals surface area contributed by atoms with Crippen molar-refractivity contribution in [2.75, 3.05) is 0 Å². The first kappa shape index (κ1) is 27.9. The molecule has 0 spiro atoms. The number of hydrogen-bond donors (Lipinski definition) is 0. The number of halogens is 9. The summed E-state index contributed by atoms with van der Waals surface area (Å²) in [7, 11) is 0. The highest BCUT2D eigenvalue weighted by atomic mass is 35.5. The third-order valence-corrected chi connectivity index (χ3v) is 12.1. The van der Waals surface area contributed by atoms with Gasteiger partial charge in [-0.3, -0.25) is 14.4 Å². The van der Waals surface area contributed by atoms with Gasteiger partial charge in [0.1, 0.15) is 9.75 Å². The summed E-state index contributed by atoms with van der Waals surface area (Å²) in [5.74, 6) is -5.37. The van der Waals surface area contributed by atoms with Crippen LogP contribution in [0.3, 0.4) is 0 Å². The lowest BCUT2D eigenvalue weighted by atomic mass is 9.84. The van der Waals surface area contributed by atoms with Crippen molar-refractivity contribution in [2.45, 2.75) is 20.6 Å². The van der Waals surface area contributed by atoms with Crippen molar-refractivity contribution in [2.24, 2.45) is 11.8 Å². The monoisotopic (exact) mass is 678 g/mol. The third kappa shape index (κ3) is 3.55. The van der Waals surface area contributed by atoms with E-state index < -0.39 is 43.6 Å². The van der Waals surface area contributed by atoms with Crippen LogP contribution in [0.5, 0.6) is 0 Å². The number of benzene rings is 2. The van der Waals surface area contributed by atoms with E-state index in [2.05, 4.69) is 0 Å². The molecule has 2 aliphatic carbocycles. The molecular formula is C23H11Cl9N2O3. The summed E-state index contributed by atoms with van der Waals surface area (Å²) in [4.78, 5) is 37.5. The summed E-state index contributed by atoms with van der Waals surface area (Å²) in [6.07, 6.45) is 0. The molecule has 37 heavy (non-hydrogen) atoms. The minimum absolute atomic E-state index is 0.0317. The summed E-state index contributed by atoms with van der Waals surface area (Å²) < 4.78 is -2.11. The van der Waals surface area contributed by atoms with Gasteiger partial charge in [-0.05, 0) is 29.8 Å². The molecule has 1 aliphatic heterocycles. The van der Waals surface area contributed by atoms with Gasteiger partial charge in [0, 0.05) is 0 Å². The quantitative estimate of drug-likeness (QED) is 0.246. The molecule has 5 rings (SSSR count). The number of carbonyl (C=O) groups excluding carboxylic acids is 3. The van der Waals surface area contributed by atoms with Crippen LogP contribution in [0.25, 0.3) is 0 Å². The topological polar surface area (TPSA) is 57.7 Å². The molecule has 0 unspecified atom stereocenters. The van der Waals surface area contributed by atoms with Crippen LogP contribution >= 0.6 is 104 Å². The van der Waals surface area contributed by atoms with Crippen LogP contribution in [0.4, 0.5) is 0 Å². The normalized spacial score (nSPS) is 29.8. The number of alkyl halides is 4. The molecule has 194 valence electrons. The zero-order valence-corrected chi connectivity index (χ0v) is 24.7. The zero-order valence-electron chi connectivity index (χ0n) is 17.9. The average molecular weight is 682 g/mol. The molecule has 2 aromatic rings. The molecule has 4 atom stereocenters. The maximum atomic E-state index is 13.9. The Morgan fingerprint density at radius 2 is 1.32 bits per heavy atom. The van der Waals surface area contributed by atoms with Crippen LogP contribution in [-0.2, 0) is 16.1 Å². The minimum atomic E-state index is -2.11. The fraction of sp³-hybridized carbons (Fsp3) is 0.261. The van der Waals surface area contributed by atoms with E-state index in [1.807, 2.05) is 0 Å². The van der Waals surface area contributed by atoms with E-state index in [0.717, 1.165) is 5.01 Å². The number of amides is 3. The van der Waals surface area contributed by atoms with Crippen molar-refractivity contribution in [1.82, 2.24) is 10.0 Å². The number of allylic oxidation sites excluding steroid dienone is 2. The fourth-order valence-corrected chi connectivity index (χ4v) is 8.50. The lowest BCUT2D eigenvalue weighted by Crippen LogP contribution is -2.55. The van der Waals surface area contributed by atoms with Crippen molar-refractivity contribution in [3.8, 4) is 0 Å². The van der Waals surface area contributed by atoms with E-state index in [1.54, 1.807) is 18.2 Å². The van der Waals surface area contributed by atoms with Gasteiger partial charge in [-0.15, -0.1) is 23.2 Å². The Morgan fingerprint density at radius 3 is 1.84 bits per heavy atom. The van der Waals surface area contributed by atoms with Gasteiger partial charge >= 0.3 is 0 Å². The first-order valence-corrected chi connectivity index (χ1v) is 13.8. The Kier molecular flexibility index (Phi) is 6.97. The fourth-order valence-electron chi connectivity index (χ4n) is 5.04. The number of imide groups is 1. The number of hydrazine groups is 1. The predicted molar refractivity (Wildman–Crippen MR) is 147 cm³/mol. The highest BCUT2D eigenvalue weighted by Gasteiger charge is 2.88. The van der Waals surface area contributed by atoms with Gasteiger partial charge in [-0.1, -0.05) is 99.4 Å². The van der Waals surface area contributed by atoms with Crippen LogP contribution < -0.4 is 0 Å². The third-order valence-electron chi connectivity index (χ3n) is 6.78. The van der Waals surface area contributed by atoms with E-state index in [1.165, 1.54) is 24.3 Å². The maximum Gasteiger partial charge on any atom is 0.274 e. The predicted octanol–water partition coefficient (Wildman–Crippen LogP) is 7.65. The van der Waals surface area contributed by atoms with Gasteiger partial charge in [-0.25, -0.2) is 5.01 Å². The van der Waals surface area contributed by atoms with E-state index in [0.29, 0.717) is 10.6 Å². The highest BCUT2D eigenvalue weighted by Crippen LogP contribution is 2.77. The lowest BCUT2D eigenvalue weighted by Gasteiger charge is -2.37. The van der Waals surface area contributed by atoms with E-state index in [9.17, 15) is 14.4 Å². The largest absolute Gasteiger partial charge is 0.274 e. The molecule has 1 saturated carbocycles. The van der Waals surface area contributed by atoms with Gasteiger partial charge in [0.05, 0.1) is 49.1 Å². The molecule has 0 aromatic heterocycles. The zero-order chi connectivity index (χ0) is 27.2. The van der Waals surface area contributed by atoms with Crippen molar-refractivity contribution in [3.05, 3.63) is 78.7 Å². The molecule has 1 saturated heterocycles. The number of fused-ring (bicyclic) bond motifs is 5. The lowest BCUT2D eigenvalue weighted by molar-refractivity contribution is -0.156. The SMILES string of the molecule is O=C(c1ccccc1Cl)N(Cc1ccc(Cl)c(Cl)c1)N1C(=O)[C@H]2[C@H](C1=O)[C@@]1(Cl)C(Cl)=C(Cl)[C@@]2(Cl)C1(Cl)Cl. The Morgan fingerprint density at radius 1 is 0.784 bits per heavy atom. The van der Waals surface area contributed by atoms with Crippen LogP contribution in [0, 0.1) is 11.8 Å². The molecule has 5 nitrogen and oxygen atoms in total. The standard InChI is InChI=1S/C23H11Cl9N2O3/c24-11-4-2-1-3-10(11)18(35)33(8-9-5-6-12(25)13(26)7-9)34-19(36)14-15(20(34)37)22(30)17(28)16(27)21(14,29)23(22,31)32/h1-7,14-15H,8H2/t14-,15-,21-,22-/m1/s1. The Hall–Kier alpha value is -0.600. The Balaban J connectivity index is 1.64. The molecule has 3 amide bonds. The van der Waals surface area contributed by atoms with Crippen molar-refractivity contribution < 1.29 is 14.4 Å². The second kappa shape index (κ2) is 9.22. The minimum Gasteiger partial charge on any atom is -0.272 e. The van der Waals surface area contributed by atoms with Gasteiger partial charge in [0.25, 0.3) is 17.7 Å². The van der Waals surface area contributed by atoms with Crippen LogP contribution in [0.2, 0.25) is 15.1 Å². The molecule has 3 aliphatic rings. The van der Waals surface area contributed by atoms with Crippen LogP contribution in [0.1, 0.15) is 15.9 Å². The van der Waals surface area contributed by atoms with Crippen molar-refractivity contribution in [1.29, 1.82) is 0 Å². The summed E-state index contributed by atoms with van der Waals surface area (Å²) in [6.45, 7) is -0.274. The Bertz CT molecular complexity index is 1380. The van der Waals surface area contributed by atoms with Gasteiger partial charge in [0.2, 0.25) is 0 Å². The molecule has 2 aromatic carbocycles. The molecule has 0 radical (unpaired) electrons. The van der Waals surface area contributed by atoms with Crippen molar-refractivity contribution in [3.63, 3.8) is 0 Å². The first-order valence-electron chi connectivity index (χ1n) is 10.4. The number of nitrogens with zero attached hydrogens (tertiary/aromatic N) is 2. The van der Waals surface area contributed by atoms with Crippen molar-refractivity contribution >= 4 is 122 Å². The maximum absolute atomic E-state index is 13.9. The molecule has 14 heteroatoms. The van der Waals surface area contributed by atoms with Gasteiger partial charge < -0.3 is 0 Å². The number of hydrogen-bond acceptors (Lipinski definition) is 3. The summed E-state index contributed by atoms with van der Waals surface area (Å²) in [5.41, 5.74) is 0.485. The van der Waals surface area contributed by atoms with E-state index in [4.69, 9.17) is 104 Å². The Labute approximate surface area is 255 Å². The van der Waals surface area contributed by atoms with Gasteiger partial charge in [0.15, 0.2) is 4.33 Å². The second-order valence-corrected chi connectivity index (χ2v) is 13.2. The van der Waals surface area contributed by atoms with Crippen LogP contribution in [-0.4, -0.2) is 41.8 Å². The summed E-state index contributed by atoms with van der Waals surface area (Å²) in [5, 5.41) is 1.69. The number of carbonyl (C=O) groups is 3. The van der Waals surface area contributed by atoms with Crippen LogP contribution in [0.15, 0.2) is 52.5 Å². The molecule has 0 N–H and O–H groups in total. The first-order chi connectivity index (χ1) is 17.2.